The quantitative estimate of drug-likeness (QED) is 0.312. The maximum absolute atomic E-state index is 11.0. The molecule has 0 aliphatic rings. The van der Waals surface area contributed by atoms with Gasteiger partial charge in [-0.3, -0.25) is 0 Å². The molecule has 0 unspecified atom stereocenters. The van der Waals surface area contributed by atoms with Crippen LogP contribution in [-0.2, 0) is 14.0 Å². The average Bonchev–Trinajstić information content (AvgIpc) is 2.12. The van der Waals surface area contributed by atoms with Gasteiger partial charge >= 0.3 is 5.97 Å². The van der Waals surface area contributed by atoms with Crippen molar-refractivity contribution in [3.05, 3.63) is 12.2 Å². The van der Waals surface area contributed by atoms with Gasteiger partial charge in [0.1, 0.15) is 0 Å². The number of esters is 1. The summed E-state index contributed by atoms with van der Waals surface area (Å²) in [5.74, 6) is -0.304. The minimum atomic E-state index is -1.49. The summed E-state index contributed by atoms with van der Waals surface area (Å²) in [4.78, 5) is 11.0. The lowest BCUT2D eigenvalue weighted by Gasteiger charge is -2.19. The van der Waals surface area contributed by atoms with Crippen molar-refractivity contribution in [2.24, 2.45) is 0 Å². The van der Waals surface area contributed by atoms with Crippen LogP contribution in [0.15, 0.2) is 12.2 Å². The predicted octanol–water partition coefficient (Wildman–Crippen LogP) is 3.62. The lowest BCUT2D eigenvalue weighted by molar-refractivity contribution is -0.138. The first-order valence-electron chi connectivity index (χ1n) is 4.77. The predicted molar refractivity (Wildman–Crippen MR) is 73.2 cm³/mol. The summed E-state index contributed by atoms with van der Waals surface area (Å²) in [6.45, 7) is 9.91. The van der Waals surface area contributed by atoms with Crippen molar-refractivity contribution in [3.8, 4) is 0 Å². The van der Waals surface area contributed by atoms with Gasteiger partial charge in [0.25, 0.3) is 0 Å². The first-order valence-corrected chi connectivity index (χ1v) is 7.88. The lowest BCUT2D eigenvalue weighted by atomic mass is 10.4. The highest BCUT2D eigenvalue weighted by Crippen LogP contribution is 2.12. The van der Waals surface area contributed by atoms with Gasteiger partial charge in [0.15, 0.2) is 8.32 Å². The molecule has 0 aliphatic heterocycles. The fourth-order valence-electron chi connectivity index (χ4n) is 0.888. The number of ether oxygens (including phenoxy) is 1. The second-order valence-electron chi connectivity index (χ2n) is 3.98. The van der Waals surface area contributed by atoms with Gasteiger partial charge in [-0.05, 0) is 32.5 Å². The molecular weight excluding hydrogens is 220 g/mol. The van der Waals surface area contributed by atoms with Crippen molar-refractivity contribution in [2.75, 3.05) is 13.7 Å². The smallest absolute Gasteiger partial charge is 0.333 e. The van der Waals surface area contributed by atoms with Crippen molar-refractivity contribution in [2.45, 2.75) is 47.3 Å². The monoisotopic (exact) mass is 248 g/mol. The molecule has 98 valence electrons. The molecule has 3 nitrogen and oxygen atoms in total. The molecule has 0 aromatic rings. The molecule has 0 rings (SSSR count). The van der Waals surface area contributed by atoms with Gasteiger partial charge in [0.05, 0.1) is 6.61 Å². The zero-order chi connectivity index (χ0) is 11.2. The van der Waals surface area contributed by atoms with Crippen molar-refractivity contribution >= 4 is 14.3 Å². The SMILES string of the molecule is C.C.C=C(C)C(=O)OCCC[Si](C)(C)OC. The Morgan fingerprint density at radius 1 is 1.31 bits per heavy atom. The van der Waals surface area contributed by atoms with Gasteiger partial charge in [0.2, 0.25) is 0 Å². The van der Waals surface area contributed by atoms with Crippen LogP contribution < -0.4 is 0 Å². The molecule has 16 heavy (non-hydrogen) atoms. The Bertz CT molecular complexity index is 212. The fraction of sp³-hybridized carbons (Fsp3) is 0.750. The van der Waals surface area contributed by atoms with Crippen LogP contribution in [0.25, 0.3) is 0 Å². The second kappa shape index (κ2) is 9.60. The zero-order valence-corrected chi connectivity index (χ0v) is 10.6. The second-order valence-corrected chi connectivity index (χ2v) is 8.41. The highest BCUT2D eigenvalue weighted by atomic mass is 28.4. The summed E-state index contributed by atoms with van der Waals surface area (Å²) < 4.78 is 10.3. The van der Waals surface area contributed by atoms with Gasteiger partial charge < -0.3 is 9.16 Å². The van der Waals surface area contributed by atoms with E-state index >= 15 is 0 Å². The molecule has 0 aromatic heterocycles. The van der Waals surface area contributed by atoms with Crippen molar-refractivity contribution in [1.29, 1.82) is 0 Å². The van der Waals surface area contributed by atoms with Gasteiger partial charge in [0, 0.05) is 12.7 Å². The number of hydrogen-bond donors (Lipinski definition) is 0. The maximum atomic E-state index is 11.0. The van der Waals surface area contributed by atoms with Crippen LogP contribution in [0.3, 0.4) is 0 Å². The van der Waals surface area contributed by atoms with Crippen molar-refractivity contribution < 1.29 is 14.0 Å². The van der Waals surface area contributed by atoms with Crippen LogP contribution in [-0.4, -0.2) is 28.0 Å². The molecule has 0 saturated carbocycles. The van der Waals surface area contributed by atoms with Gasteiger partial charge in [-0.2, -0.15) is 0 Å². The van der Waals surface area contributed by atoms with E-state index in [4.69, 9.17) is 9.16 Å². The first-order chi connectivity index (χ1) is 6.39. The Labute approximate surface area is 102 Å². The van der Waals surface area contributed by atoms with Crippen LogP contribution in [0.4, 0.5) is 0 Å². The third kappa shape index (κ3) is 9.92. The van der Waals surface area contributed by atoms with Gasteiger partial charge in [-0.15, -0.1) is 0 Å². The number of rotatable bonds is 6. The minimum Gasteiger partial charge on any atom is -0.462 e. The molecule has 0 heterocycles. The normalized spacial score (nSPS) is 9.75. The summed E-state index contributed by atoms with van der Waals surface area (Å²) in [5, 5.41) is 0. The molecule has 0 fully saturated rings. The summed E-state index contributed by atoms with van der Waals surface area (Å²) in [7, 11) is 0.252. The fourth-order valence-corrected chi connectivity index (χ4v) is 2.09. The molecule has 0 amide bonds. The molecule has 0 bridgehead atoms. The summed E-state index contributed by atoms with van der Waals surface area (Å²) in [5.41, 5.74) is 0.452. The van der Waals surface area contributed by atoms with Crippen molar-refractivity contribution in [1.82, 2.24) is 0 Å². The van der Waals surface area contributed by atoms with Crippen LogP contribution in [0.1, 0.15) is 28.2 Å². The minimum absolute atomic E-state index is 0. The number of carbonyl (C=O) groups excluding carboxylic acids is 1. The molecule has 0 spiro atoms. The third-order valence-electron chi connectivity index (χ3n) is 2.06. The Morgan fingerprint density at radius 2 is 1.81 bits per heavy atom. The van der Waals surface area contributed by atoms with E-state index in [-0.39, 0.29) is 20.8 Å². The Balaban J connectivity index is -0.000000845. The van der Waals surface area contributed by atoms with E-state index in [1.165, 1.54) is 0 Å². The van der Waals surface area contributed by atoms with Crippen molar-refractivity contribution in [3.63, 3.8) is 0 Å². The van der Waals surface area contributed by atoms with E-state index in [1.807, 2.05) is 0 Å². The van der Waals surface area contributed by atoms with E-state index in [2.05, 4.69) is 19.7 Å². The summed E-state index contributed by atoms with van der Waals surface area (Å²) in [6, 6.07) is 1.01. The van der Waals surface area contributed by atoms with E-state index in [9.17, 15) is 4.79 Å². The van der Waals surface area contributed by atoms with E-state index < -0.39 is 8.32 Å². The van der Waals surface area contributed by atoms with Gasteiger partial charge in [-0.25, -0.2) is 4.79 Å². The van der Waals surface area contributed by atoms with E-state index in [1.54, 1.807) is 14.0 Å². The largest absolute Gasteiger partial charge is 0.462 e. The molecule has 4 heteroatoms. The van der Waals surface area contributed by atoms with E-state index in [0.717, 1.165) is 12.5 Å². The lowest BCUT2D eigenvalue weighted by Crippen LogP contribution is -2.28. The highest BCUT2D eigenvalue weighted by Gasteiger charge is 2.19. The molecule has 0 aliphatic carbocycles. The third-order valence-corrected chi connectivity index (χ3v) is 4.72. The topological polar surface area (TPSA) is 35.5 Å². The molecule has 0 saturated heterocycles. The van der Waals surface area contributed by atoms with Gasteiger partial charge in [-0.1, -0.05) is 21.4 Å². The van der Waals surface area contributed by atoms with Crippen LogP contribution >= 0.6 is 0 Å². The number of carbonyl (C=O) groups is 1. The molecule has 0 aromatic carbocycles. The maximum Gasteiger partial charge on any atom is 0.333 e. The van der Waals surface area contributed by atoms with Crippen LogP contribution in [0.2, 0.25) is 19.1 Å². The summed E-state index contributed by atoms with van der Waals surface area (Å²) >= 11 is 0. The first kappa shape index (κ1) is 20.8. The molecule has 0 radical (unpaired) electrons. The summed E-state index contributed by atoms with van der Waals surface area (Å²) in [6.07, 6.45) is 0.867. The van der Waals surface area contributed by atoms with Crippen LogP contribution in [0.5, 0.6) is 0 Å². The Hall–Kier alpha value is -0.613. The van der Waals surface area contributed by atoms with E-state index in [0.29, 0.717) is 12.2 Å². The Morgan fingerprint density at radius 3 is 2.19 bits per heavy atom. The standard InChI is InChI=1S/C10H20O3Si.2CH4/c1-9(2)10(11)13-7-6-8-14(4,5)12-3;;/h1,6-8H2,2-5H3;2*1H4. The van der Waals surface area contributed by atoms with Crippen LogP contribution in [0, 0.1) is 0 Å². The number of hydrogen-bond acceptors (Lipinski definition) is 3. The zero-order valence-electron chi connectivity index (χ0n) is 9.55. The Kier molecular flexibility index (Phi) is 12.5. The molecule has 0 N–H and O–H groups in total. The molecule has 0 atom stereocenters. The average molecular weight is 248 g/mol. The highest BCUT2D eigenvalue weighted by molar-refractivity contribution is 6.71. The molecular formula is C12H28O3Si.